The number of benzene rings is 2. The fourth-order valence-corrected chi connectivity index (χ4v) is 8.03. The molecule has 2 saturated heterocycles. The van der Waals surface area contributed by atoms with E-state index < -0.39 is 22.8 Å². The number of amides is 3. The van der Waals surface area contributed by atoms with E-state index in [9.17, 15) is 24.0 Å². The minimum absolute atomic E-state index is 0.0191. The van der Waals surface area contributed by atoms with Gasteiger partial charge in [0.25, 0.3) is 11.8 Å². The highest BCUT2D eigenvalue weighted by Crippen LogP contribution is 2.31. The van der Waals surface area contributed by atoms with E-state index in [-0.39, 0.29) is 41.6 Å². The van der Waals surface area contributed by atoms with Crippen LogP contribution in [0.25, 0.3) is 0 Å². The van der Waals surface area contributed by atoms with Gasteiger partial charge in [0.1, 0.15) is 11.1 Å². The molecule has 0 aromatic heterocycles. The number of ether oxygens (including phenoxy) is 3. The van der Waals surface area contributed by atoms with Crippen LogP contribution in [0.2, 0.25) is 0 Å². The molecule has 59 heavy (non-hydrogen) atoms. The quantitative estimate of drug-likeness (QED) is 0.207. The number of alkyl carbamates (subject to hydrolysis) is 1. The zero-order valence-electron chi connectivity index (χ0n) is 35.6. The molecule has 0 bridgehead atoms. The van der Waals surface area contributed by atoms with Crippen molar-refractivity contribution in [3.8, 4) is 0 Å². The van der Waals surface area contributed by atoms with E-state index >= 15 is 0 Å². The van der Waals surface area contributed by atoms with Crippen molar-refractivity contribution in [3.63, 3.8) is 0 Å². The summed E-state index contributed by atoms with van der Waals surface area (Å²) < 4.78 is 16.2. The van der Waals surface area contributed by atoms with Gasteiger partial charge < -0.3 is 35.1 Å². The number of nitrogens with zero attached hydrogens (tertiary/aromatic N) is 2. The van der Waals surface area contributed by atoms with Crippen LogP contribution >= 0.6 is 0 Å². The zero-order valence-corrected chi connectivity index (χ0v) is 35.6. The van der Waals surface area contributed by atoms with Crippen LogP contribution < -0.4 is 20.9 Å². The lowest BCUT2D eigenvalue weighted by molar-refractivity contribution is -0.130. The van der Waals surface area contributed by atoms with Gasteiger partial charge in [-0.05, 0) is 107 Å². The predicted octanol–water partition coefficient (Wildman–Crippen LogP) is 6.82. The number of carbonyl (C=O) groups excluding carboxylic acids is 5. The van der Waals surface area contributed by atoms with E-state index in [1.54, 1.807) is 37.8 Å². The molecule has 2 aromatic carbocycles. The standard InChI is InChI=1S/C26H36N2O5.C21H28N2O3/c1-5-19(10-11-23(30)28-15-12-20-8-6-7-9-21(20)28)18-22(29)26(13-16-32-17-14-26)27-24(31)33-25(2,3)4;1-2-16(15-19(24)21(22)10-13-26-14-11-21)7-8-20(25)23-12-9-17-5-3-4-6-18(17)23/h6-11,19H,5,12-18H2,1-4H3,(H,27,31);3-8,16H,2,9-15,22H2,1H3/b11-10+;8-7+/t19-;16-/m00/s1. The van der Waals surface area contributed by atoms with Gasteiger partial charge in [0.2, 0.25) is 0 Å². The Morgan fingerprint density at radius 1 is 0.729 bits per heavy atom. The first-order chi connectivity index (χ1) is 28.2. The van der Waals surface area contributed by atoms with Crippen LogP contribution in [-0.2, 0) is 46.2 Å². The van der Waals surface area contributed by atoms with Crippen LogP contribution in [0.4, 0.5) is 16.2 Å². The summed E-state index contributed by atoms with van der Waals surface area (Å²) in [5.74, 6) is -0.122. The number of nitrogens with one attached hydrogen (secondary N) is 1. The number of ketones is 2. The topological polar surface area (TPSA) is 158 Å². The third-order valence-corrected chi connectivity index (χ3v) is 11.8. The second-order valence-corrected chi connectivity index (χ2v) is 17.1. The minimum Gasteiger partial charge on any atom is -0.444 e. The fourth-order valence-electron chi connectivity index (χ4n) is 8.03. The maximum atomic E-state index is 13.4. The molecule has 6 rings (SSSR count). The lowest BCUT2D eigenvalue weighted by atomic mass is 9.81. The first-order valence-electron chi connectivity index (χ1n) is 21.3. The number of hydrogen-bond donors (Lipinski definition) is 2. The van der Waals surface area contributed by atoms with Crippen molar-refractivity contribution in [3.05, 3.63) is 84.0 Å². The number of carbonyl (C=O) groups is 5. The summed E-state index contributed by atoms with van der Waals surface area (Å²) in [4.78, 5) is 67.5. The SMILES string of the molecule is CC[C@@H](/C=C/C(=O)N1CCc2ccccc21)CC(=O)C1(N)CCOCC1.CC[C@@H](/C=C/C(=O)N1CCc2ccccc21)CC(=O)C1(NC(=O)OC(C)(C)C)CCOCC1. The fraction of sp³-hybridized carbons (Fsp3) is 0.553. The third-order valence-electron chi connectivity index (χ3n) is 11.8. The van der Waals surface area contributed by atoms with Crippen molar-refractivity contribution in [2.45, 2.75) is 116 Å². The number of hydrogen-bond acceptors (Lipinski definition) is 9. The van der Waals surface area contributed by atoms with E-state index in [4.69, 9.17) is 19.9 Å². The Kier molecular flexibility index (Phi) is 15.8. The normalized spacial score (nSPS) is 19.3. The van der Waals surface area contributed by atoms with Crippen LogP contribution in [0.3, 0.4) is 0 Å². The molecule has 2 aromatic rings. The molecule has 0 spiro atoms. The van der Waals surface area contributed by atoms with Crippen molar-refractivity contribution in [2.24, 2.45) is 17.6 Å². The second kappa shape index (κ2) is 20.5. The van der Waals surface area contributed by atoms with Crippen LogP contribution in [0, 0.1) is 11.8 Å². The molecule has 320 valence electrons. The highest BCUT2D eigenvalue weighted by molar-refractivity contribution is 6.03. The summed E-state index contributed by atoms with van der Waals surface area (Å²) in [6.07, 6.45) is 12.2. The first kappa shape index (κ1) is 45.4. The molecule has 4 aliphatic rings. The van der Waals surface area contributed by atoms with Gasteiger partial charge in [0.05, 0.1) is 5.54 Å². The van der Waals surface area contributed by atoms with Crippen molar-refractivity contribution in [1.82, 2.24) is 5.32 Å². The summed E-state index contributed by atoms with van der Waals surface area (Å²) in [5, 5.41) is 2.85. The van der Waals surface area contributed by atoms with Gasteiger partial charge in [-0.25, -0.2) is 4.79 Å². The van der Waals surface area contributed by atoms with E-state index in [0.717, 1.165) is 30.6 Å². The highest BCUT2D eigenvalue weighted by Gasteiger charge is 2.42. The molecule has 3 N–H and O–H groups in total. The molecule has 0 unspecified atom stereocenters. The molecule has 4 heterocycles. The lowest BCUT2D eigenvalue weighted by Crippen LogP contribution is -2.58. The van der Waals surface area contributed by atoms with E-state index in [1.165, 1.54) is 11.1 Å². The number of Topliss-reactive ketones (excluding diaryl/α,β-unsaturated/α-hetero) is 2. The Balaban J connectivity index is 0.000000230. The van der Waals surface area contributed by atoms with Crippen molar-refractivity contribution < 1.29 is 38.2 Å². The highest BCUT2D eigenvalue weighted by atomic mass is 16.6. The Morgan fingerprint density at radius 2 is 1.17 bits per heavy atom. The van der Waals surface area contributed by atoms with Gasteiger partial charge in [0.15, 0.2) is 11.6 Å². The van der Waals surface area contributed by atoms with Crippen molar-refractivity contribution >= 4 is 40.8 Å². The molecular formula is C47H64N4O8. The van der Waals surface area contributed by atoms with Gasteiger partial charge in [0, 0.05) is 76.6 Å². The van der Waals surface area contributed by atoms with Crippen LogP contribution in [0.5, 0.6) is 0 Å². The number of para-hydroxylation sites is 2. The van der Waals surface area contributed by atoms with Crippen molar-refractivity contribution in [1.29, 1.82) is 0 Å². The Bertz CT molecular complexity index is 1850. The Labute approximate surface area is 349 Å². The number of nitrogens with two attached hydrogens (primary N) is 1. The first-order valence-corrected chi connectivity index (χ1v) is 21.3. The molecule has 12 heteroatoms. The Hall–Kier alpha value is -4.65. The van der Waals surface area contributed by atoms with Crippen LogP contribution in [-0.4, -0.2) is 85.7 Å². The minimum atomic E-state index is -1.00. The van der Waals surface area contributed by atoms with Gasteiger partial charge in [-0.15, -0.1) is 0 Å². The summed E-state index contributed by atoms with van der Waals surface area (Å²) in [7, 11) is 0. The van der Waals surface area contributed by atoms with Gasteiger partial charge in [-0.2, -0.15) is 0 Å². The molecular weight excluding hydrogens is 749 g/mol. The number of anilines is 2. The number of fused-ring (bicyclic) bond motifs is 2. The third kappa shape index (κ3) is 12.2. The molecule has 12 nitrogen and oxygen atoms in total. The number of allylic oxidation sites excluding steroid dienone is 2. The average Bonchev–Trinajstić information content (AvgIpc) is 3.86. The largest absolute Gasteiger partial charge is 0.444 e. The van der Waals surface area contributed by atoms with Gasteiger partial charge in [-0.3, -0.25) is 19.2 Å². The molecule has 0 aliphatic carbocycles. The second-order valence-electron chi connectivity index (χ2n) is 17.1. The molecule has 0 radical (unpaired) electrons. The molecule has 0 saturated carbocycles. The van der Waals surface area contributed by atoms with Gasteiger partial charge in [-0.1, -0.05) is 62.4 Å². The summed E-state index contributed by atoms with van der Waals surface area (Å²) >= 11 is 0. The van der Waals surface area contributed by atoms with Crippen molar-refractivity contribution in [2.75, 3.05) is 49.3 Å². The predicted molar refractivity (Wildman–Crippen MR) is 229 cm³/mol. The van der Waals surface area contributed by atoms with E-state index in [1.807, 2.05) is 73.4 Å². The molecule has 2 atom stereocenters. The molecule has 3 amide bonds. The van der Waals surface area contributed by atoms with Crippen LogP contribution in [0.1, 0.15) is 97.1 Å². The monoisotopic (exact) mass is 812 g/mol. The smallest absolute Gasteiger partial charge is 0.408 e. The molecule has 4 aliphatic heterocycles. The lowest BCUT2D eigenvalue weighted by Gasteiger charge is -2.37. The maximum Gasteiger partial charge on any atom is 0.408 e. The zero-order chi connectivity index (χ0) is 42.6. The summed E-state index contributed by atoms with van der Waals surface area (Å²) in [5.41, 5.74) is 8.21. The average molecular weight is 813 g/mol. The van der Waals surface area contributed by atoms with Gasteiger partial charge >= 0.3 is 6.09 Å². The summed E-state index contributed by atoms with van der Waals surface area (Å²) in [6, 6.07) is 15.9. The maximum absolute atomic E-state index is 13.4. The van der Waals surface area contributed by atoms with E-state index in [0.29, 0.717) is 78.0 Å². The number of rotatable bonds is 13. The molecule has 2 fully saturated rings. The Morgan fingerprint density at radius 3 is 1.63 bits per heavy atom. The van der Waals surface area contributed by atoms with E-state index in [2.05, 4.69) is 11.4 Å². The summed E-state index contributed by atoms with van der Waals surface area (Å²) in [6.45, 7) is 12.7. The van der Waals surface area contributed by atoms with Crippen LogP contribution in [0.15, 0.2) is 72.8 Å².